The van der Waals surface area contributed by atoms with Crippen LogP contribution in [0, 0.1) is 12.7 Å². The van der Waals surface area contributed by atoms with Crippen LogP contribution < -0.4 is 5.32 Å². The number of amides is 1. The lowest BCUT2D eigenvalue weighted by atomic mass is 10.1. The minimum atomic E-state index is -0.284. The monoisotopic (exact) mass is 382 g/mol. The maximum absolute atomic E-state index is 13.3. The topological polar surface area (TPSA) is 32.3 Å². The zero-order valence-corrected chi connectivity index (χ0v) is 16.3. The van der Waals surface area contributed by atoms with Gasteiger partial charge in [-0.25, -0.2) is 4.39 Å². The molecule has 0 aliphatic carbocycles. The third kappa shape index (κ3) is 5.49. The van der Waals surface area contributed by atoms with Crippen LogP contribution in [0.3, 0.4) is 0 Å². The molecule has 0 spiro atoms. The standard InChI is InChI=1S/C22H23FN2OS/c1-16-5-7-17(8-6-16)14-25(2)15-21(26)24-22(20-4-3-13-27-20)18-9-11-19(23)12-10-18/h3-13,22H,14-15H2,1-2H3,(H,24,26)/t22-/m0/s1. The molecule has 0 bridgehead atoms. The van der Waals surface area contributed by atoms with Crippen LogP contribution in [0.4, 0.5) is 4.39 Å². The Morgan fingerprint density at radius 3 is 2.44 bits per heavy atom. The Kier molecular flexibility index (Phi) is 6.37. The second-order valence-electron chi connectivity index (χ2n) is 6.73. The van der Waals surface area contributed by atoms with Gasteiger partial charge in [-0.05, 0) is 48.7 Å². The van der Waals surface area contributed by atoms with Crippen molar-refractivity contribution in [2.75, 3.05) is 13.6 Å². The van der Waals surface area contributed by atoms with Gasteiger partial charge in [0.15, 0.2) is 0 Å². The molecule has 0 unspecified atom stereocenters. The van der Waals surface area contributed by atoms with E-state index >= 15 is 0 Å². The van der Waals surface area contributed by atoms with Crippen LogP contribution in [0.5, 0.6) is 0 Å². The molecule has 1 atom stereocenters. The zero-order valence-electron chi connectivity index (χ0n) is 15.5. The largest absolute Gasteiger partial charge is 0.343 e. The van der Waals surface area contributed by atoms with Crippen molar-refractivity contribution in [1.29, 1.82) is 0 Å². The van der Waals surface area contributed by atoms with Gasteiger partial charge >= 0.3 is 0 Å². The Labute approximate surface area is 163 Å². The lowest BCUT2D eigenvalue weighted by Crippen LogP contribution is -2.37. The number of thiophene rings is 1. The molecule has 0 saturated heterocycles. The van der Waals surface area contributed by atoms with Crippen molar-refractivity contribution in [3.63, 3.8) is 0 Å². The van der Waals surface area contributed by atoms with E-state index in [1.807, 2.05) is 29.5 Å². The number of likely N-dealkylation sites (N-methyl/N-ethyl adjacent to an activating group) is 1. The SMILES string of the molecule is Cc1ccc(CN(C)CC(=O)N[C@@H](c2ccc(F)cc2)c2cccs2)cc1. The van der Waals surface area contributed by atoms with Gasteiger partial charge in [-0.2, -0.15) is 0 Å². The van der Waals surface area contributed by atoms with Crippen molar-refractivity contribution in [2.45, 2.75) is 19.5 Å². The minimum absolute atomic E-state index is 0.0627. The smallest absolute Gasteiger partial charge is 0.234 e. The summed E-state index contributed by atoms with van der Waals surface area (Å²) < 4.78 is 13.3. The highest BCUT2D eigenvalue weighted by atomic mass is 32.1. The molecule has 3 aromatic rings. The summed E-state index contributed by atoms with van der Waals surface area (Å²) in [5.41, 5.74) is 3.26. The van der Waals surface area contributed by atoms with Crippen LogP contribution in [0.1, 0.15) is 27.6 Å². The number of hydrogen-bond donors (Lipinski definition) is 1. The Bertz CT molecular complexity index is 860. The zero-order chi connectivity index (χ0) is 19.2. The van der Waals surface area contributed by atoms with Crippen LogP contribution in [0.15, 0.2) is 66.0 Å². The van der Waals surface area contributed by atoms with Crippen molar-refractivity contribution >= 4 is 17.2 Å². The molecular formula is C22H23FN2OS. The highest BCUT2D eigenvalue weighted by Crippen LogP contribution is 2.26. The van der Waals surface area contributed by atoms with E-state index in [1.165, 1.54) is 23.3 Å². The normalized spacial score (nSPS) is 12.1. The third-order valence-electron chi connectivity index (χ3n) is 4.32. The molecule has 140 valence electrons. The van der Waals surface area contributed by atoms with E-state index in [1.54, 1.807) is 23.5 Å². The fraction of sp³-hybridized carbons (Fsp3) is 0.227. The summed E-state index contributed by atoms with van der Waals surface area (Å²) in [5, 5.41) is 5.06. The molecule has 0 aliphatic heterocycles. The van der Waals surface area contributed by atoms with E-state index in [0.29, 0.717) is 6.54 Å². The first-order chi connectivity index (χ1) is 13.0. The number of rotatable bonds is 7. The number of carbonyl (C=O) groups is 1. The van der Waals surface area contributed by atoms with Gasteiger partial charge in [0.1, 0.15) is 5.82 Å². The molecule has 2 aromatic carbocycles. The summed E-state index contributed by atoms with van der Waals surface area (Å²) in [7, 11) is 1.93. The van der Waals surface area contributed by atoms with Crippen LogP contribution in [-0.4, -0.2) is 24.4 Å². The van der Waals surface area contributed by atoms with E-state index in [4.69, 9.17) is 0 Å². The van der Waals surface area contributed by atoms with E-state index in [9.17, 15) is 9.18 Å². The van der Waals surface area contributed by atoms with Crippen LogP contribution in [0.2, 0.25) is 0 Å². The van der Waals surface area contributed by atoms with Gasteiger partial charge in [-0.15, -0.1) is 11.3 Å². The predicted molar refractivity (Wildman–Crippen MR) is 108 cm³/mol. The van der Waals surface area contributed by atoms with Gasteiger partial charge in [0.25, 0.3) is 0 Å². The Morgan fingerprint density at radius 1 is 1.11 bits per heavy atom. The Balaban J connectivity index is 1.65. The molecule has 0 fully saturated rings. The van der Waals surface area contributed by atoms with Crippen LogP contribution >= 0.6 is 11.3 Å². The second-order valence-corrected chi connectivity index (χ2v) is 7.70. The molecular weight excluding hydrogens is 359 g/mol. The highest BCUT2D eigenvalue weighted by Gasteiger charge is 2.19. The van der Waals surface area contributed by atoms with Gasteiger partial charge in [0.2, 0.25) is 5.91 Å². The molecule has 1 aromatic heterocycles. The average Bonchev–Trinajstić information content (AvgIpc) is 3.17. The molecule has 5 heteroatoms. The van der Waals surface area contributed by atoms with Crippen molar-refractivity contribution in [1.82, 2.24) is 10.2 Å². The Hall–Kier alpha value is -2.50. The van der Waals surface area contributed by atoms with Gasteiger partial charge in [0, 0.05) is 11.4 Å². The number of carbonyl (C=O) groups excluding carboxylic acids is 1. The Morgan fingerprint density at radius 2 is 1.81 bits per heavy atom. The molecule has 27 heavy (non-hydrogen) atoms. The van der Waals surface area contributed by atoms with Crippen LogP contribution in [0.25, 0.3) is 0 Å². The average molecular weight is 383 g/mol. The van der Waals surface area contributed by atoms with Crippen LogP contribution in [-0.2, 0) is 11.3 Å². The van der Waals surface area contributed by atoms with E-state index in [0.717, 1.165) is 10.4 Å². The second kappa shape index (κ2) is 8.93. The van der Waals surface area contributed by atoms with Crippen molar-refractivity contribution in [2.24, 2.45) is 0 Å². The molecule has 1 N–H and O–H groups in total. The van der Waals surface area contributed by atoms with E-state index < -0.39 is 0 Å². The van der Waals surface area contributed by atoms with E-state index in [-0.39, 0.29) is 24.3 Å². The summed E-state index contributed by atoms with van der Waals surface area (Å²) in [6.45, 7) is 3.05. The summed E-state index contributed by atoms with van der Waals surface area (Å²) >= 11 is 1.57. The van der Waals surface area contributed by atoms with Gasteiger partial charge in [-0.3, -0.25) is 9.69 Å². The van der Waals surface area contributed by atoms with Crippen molar-refractivity contribution < 1.29 is 9.18 Å². The first-order valence-electron chi connectivity index (χ1n) is 8.83. The maximum atomic E-state index is 13.3. The molecule has 3 nitrogen and oxygen atoms in total. The fourth-order valence-corrected chi connectivity index (χ4v) is 3.74. The number of halogens is 1. The molecule has 1 amide bonds. The summed E-state index contributed by atoms with van der Waals surface area (Å²) in [6, 6.07) is 18.2. The third-order valence-corrected chi connectivity index (χ3v) is 5.26. The van der Waals surface area contributed by atoms with Gasteiger partial charge < -0.3 is 5.32 Å². The fourth-order valence-electron chi connectivity index (χ4n) is 2.94. The lowest BCUT2D eigenvalue weighted by molar-refractivity contribution is -0.122. The quantitative estimate of drug-likeness (QED) is 0.651. The number of nitrogens with zero attached hydrogens (tertiary/aromatic N) is 1. The first kappa shape index (κ1) is 19.3. The molecule has 0 radical (unpaired) electrons. The number of hydrogen-bond acceptors (Lipinski definition) is 3. The van der Waals surface area contributed by atoms with Gasteiger partial charge in [-0.1, -0.05) is 48.0 Å². The number of benzene rings is 2. The van der Waals surface area contributed by atoms with E-state index in [2.05, 4.69) is 36.5 Å². The highest BCUT2D eigenvalue weighted by molar-refractivity contribution is 7.10. The molecule has 1 heterocycles. The molecule has 3 rings (SSSR count). The number of nitrogens with one attached hydrogen (secondary N) is 1. The van der Waals surface area contributed by atoms with Gasteiger partial charge in [0.05, 0.1) is 12.6 Å². The number of aryl methyl sites for hydroxylation is 1. The molecule has 0 aliphatic rings. The summed E-state index contributed by atoms with van der Waals surface area (Å²) in [4.78, 5) is 15.6. The maximum Gasteiger partial charge on any atom is 0.234 e. The molecule has 0 saturated carbocycles. The first-order valence-corrected chi connectivity index (χ1v) is 9.71. The minimum Gasteiger partial charge on any atom is -0.343 e. The lowest BCUT2D eigenvalue weighted by Gasteiger charge is -2.21. The summed E-state index contributed by atoms with van der Waals surface area (Å²) in [5.74, 6) is -0.347. The van der Waals surface area contributed by atoms with Crippen molar-refractivity contribution in [3.8, 4) is 0 Å². The van der Waals surface area contributed by atoms with Crippen molar-refractivity contribution in [3.05, 3.63) is 93.4 Å². The summed E-state index contributed by atoms with van der Waals surface area (Å²) in [6.07, 6.45) is 0. The predicted octanol–water partition coefficient (Wildman–Crippen LogP) is 4.53.